The molecule has 1 saturated carbocycles. The summed E-state index contributed by atoms with van der Waals surface area (Å²) >= 11 is 3.04. The fourth-order valence-electron chi connectivity index (χ4n) is 1.69. The SMILES string of the molecule is NC1CC(NC(=O)c2ccc(Br)c(F)c2)C1. The summed E-state index contributed by atoms with van der Waals surface area (Å²) in [5.41, 5.74) is 5.94. The zero-order valence-corrected chi connectivity index (χ0v) is 10.1. The Morgan fingerprint density at radius 3 is 2.75 bits per heavy atom. The van der Waals surface area contributed by atoms with E-state index in [1.807, 2.05) is 0 Å². The molecule has 0 radical (unpaired) electrons. The molecule has 2 rings (SSSR count). The molecule has 0 spiro atoms. The molecule has 86 valence electrons. The average Bonchev–Trinajstić information content (AvgIpc) is 2.19. The van der Waals surface area contributed by atoms with Crippen molar-refractivity contribution in [3.63, 3.8) is 0 Å². The molecule has 0 heterocycles. The first-order valence-corrected chi connectivity index (χ1v) is 5.87. The van der Waals surface area contributed by atoms with Crippen LogP contribution in [0.2, 0.25) is 0 Å². The number of hydrogen-bond donors (Lipinski definition) is 2. The van der Waals surface area contributed by atoms with Gasteiger partial charge in [0.2, 0.25) is 0 Å². The van der Waals surface area contributed by atoms with Crippen molar-refractivity contribution in [3.05, 3.63) is 34.1 Å². The molecule has 16 heavy (non-hydrogen) atoms. The van der Waals surface area contributed by atoms with E-state index in [2.05, 4.69) is 21.2 Å². The van der Waals surface area contributed by atoms with Gasteiger partial charge >= 0.3 is 0 Å². The Kier molecular flexibility index (Phi) is 3.25. The van der Waals surface area contributed by atoms with Crippen LogP contribution >= 0.6 is 15.9 Å². The predicted molar refractivity (Wildman–Crippen MR) is 62.6 cm³/mol. The van der Waals surface area contributed by atoms with Gasteiger partial charge in [-0.3, -0.25) is 4.79 Å². The molecular formula is C11H12BrFN2O. The molecule has 3 N–H and O–H groups in total. The molecule has 1 aliphatic carbocycles. The molecular weight excluding hydrogens is 275 g/mol. The maximum absolute atomic E-state index is 13.2. The van der Waals surface area contributed by atoms with Crippen LogP contribution in [0.25, 0.3) is 0 Å². The van der Waals surface area contributed by atoms with E-state index in [1.54, 1.807) is 6.07 Å². The summed E-state index contributed by atoms with van der Waals surface area (Å²) in [6.07, 6.45) is 1.59. The van der Waals surface area contributed by atoms with Crippen LogP contribution in [0, 0.1) is 5.82 Å². The highest BCUT2D eigenvalue weighted by atomic mass is 79.9. The molecule has 0 bridgehead atoms. The van der Waals surface area contributed by atoms with Gasteiger partial charge in [-0.15, -0.1) is 0 Å². The second kappa shape index (κ2) is 4.51. The Morgan fingerprint density at radius 1 is 1.50 bits per heavy atom. The van der Waals surface area contributed by atoms with Crippen LogP contribution in [0.4, 0.5) is 4.39 Å². The monoisotopic (exact) mass is 286 g/mol. The topological polar surface area (TPSA) is 55.1 Å². The lowest BCUT2D eigenvalue weighted by Gasteiger charge is -2.32. The highest BCUT2D eigenvalue weighted by Crippen LogP contribution is 2.19. The summed E-state index contributed by atoms with van der Waals surface area (Å²) in [4.78, 5) is 11.7. The second-order valence-electron chi connectivity index (χ2n) is 4.03. The van der Waals surface area contributed by atoms with E-state index in [9.17, 15) is 9.18 Å². The Labute approximate surface area is 101 Å². The smallest absolute Gasteiger partial charge is 0.251 e. The van der Waals surface area contributed by atoms with Gasteiger partial charge in [0.05, 0.1) is 4.47 Å². The second-order valence-corrected chi connectivity index (χ2v) is 4.89. The molecule has 0 unspecified atom stereocenters. The summed E-state index contributed by atoms with van der Waals surface area (Å²) in [7, 11) is 0. The Hall–Kier alpha value is -0.940. The molecule has 0 aromatic heterocycles. The largest absolute Gasteiger partial charge is 0.349 e. The van der Waals surface area contributed by atoms with Gasteiger partial charge in [0.15, 0.2) is 0 Å². The standard InChI is InChI=1S/C11H12BrFN2O/c12-9-2-1-6(3-10(9)13)11(16)15-8-4-7(14)5-8/h1-3,7-8H,4-5,14H2,(H,15,16). The molecule has 1 fully saturated rings. The third-order valence-corrected chi connectivity index (χ3v) is 3.33. The van der Waals surface area contributed by atoms with Gasteiger partial charge in [-0.2, -0.15) is 0 Å². The minimum atomic E-state index is -0.432. The molecule has 0 saturated heterocycles. The van der Waals surface area contributed by atoms with E-state index in [-0.39, 0.29) is 18.0 Å². The highest BCUT2D eigenvalue weighted by molar-refractivity contribution is 9.10. The number of nitrogens with one attached hydrogen (secondary N) is 1. The number of benzene rings is 1. The lowest BCUT2D eigenvalue weighted by Crippen LogP contribution is -2.50. The molecule has 0 atom stereocenters. The number of halogens is 2. The van der Waals surface area contributed by atoms with Crippen LogP contribution in [0.1, 0.15) is 23.2 Å². The first-order chi connectivity index (χ1) is 7.56. The summed E-state index contributed by atoms with van der Waals surface area (Å²) in [6, 6.07) is 4.65. The number of nitrogens with two attached hydrogens (primary N) is 1. The molecule has 5 heteroatoms. The van der Waals surface area contributed by atoms with Crippen molar-refractivity contribution in [1.29, 1.82) is 0 Å². The fraction of sp³-hybridized carbons (Fsp3) is 0.364. The molecule has 3 nitrogen and oxygen atoms in total. The van der Waals surface area contributed by atoms with Crippen molar-refractivity contribution in [2.45, 2.75) is 24.9 Å². The number of amides is 1. The minimum Gasteiger partial charge on any atom is -0.349 e. The lowest BCUT2D eigenvalue weighted by molar-refractivity contribution is 0.0910. The molecule has 1 amide bonds. The van der Waals surface area contributed by atoms with E-state index in [0.717, 1.165) is 12.8 Å². The summed E-state index contributed by atoms with van der Waals surface area (Å²) in [6.45, 7) is 0. The summed E-state index contributed by atoms with van der Waals surface area (Å²) in [5, 5.41) is 2.81. The first-order valence-electron chi connectivity index (χ1n) is 5.08. The average molecular weight is 287 g/mol. The number of carbonyl (C=O) groups is 1. The van der Waals surface area contributed by atoms with Crippen molar-refractivity contribution in [2.75, 3.05) is 0 Å². The normalized spacial score (nSPS) is 23.7. The van der Waals surface area contributed by atoms with Crippen molar-refractivity contribution in [3.8, 4) is 0 Å². The van der Waals surface area contributed by atoms with E-state index >= 15 is 0 Å². The van der Waals surface area contributed by atoms with Crippen LogP contribution < -0.4 is 11.1 Å². The van der Waals surface area contributed by atoms with Crippen LogP contribution in [0.3, 0.4) is 0 Å². The zero-order valence-electron chi connectivity index (χ0n) is 8.54. The van der Waals surface area contributed by atoms with Crippen molar-refractivity contribution in [2.24, 2.45) is 5.73 Å². The van der Waals surface area contributed by atoms with Gasteiger partial charge in [0, 0.05) is 17.6 Å². The van der Waals surface area contributed by atoms with Gasteiger partial charge < -0.3 is 11.1 Å². The van der Waals surface area contributed by atoms with Gasteiger partial charge in [-0.1, -0.05) is 0 Å². The highest BCUT2D eigenvalue weighted by Gasteiger charge is 2.27. The molecule has 0 aliphatic heterocycles. The van der Waals surface area contributed by atoms with Crippen molar-refractivity contribution in [1.82, 2.24) is 5.32 Å². The maximum Gasteiger partial charge on any atom is 0.251 e. The van der Waals surface area contributed by atoms with E-state index in [1.165, 1.54) is 12.1 Å². The minimum absolute atomic E-state index is 0.134. The predicted octanol–water partition coefficient (Wildman–Crippen LogP) is 1.81. The third-order valence-electron chi connectivity index (χ3n) is 2.69. The van der Waals surface area contributed by atoms with Gasteiger partial charge in [-0.05, 0) is 47.0 Å². The van der Waals surface area contributed by atoms with Crippen LogP contribution in [0.5, 0.6) is 0 Å². The Morgan fingerprint density at radius 2 is 2.19 bits per heavy atom. The van der Waals surface area contributed by atoms with Crippen molar-refractivity contribution < 1.29 is 9.18 Å². The number of carbonyl (C=O) groups excluding carboxylic acids is 1. The Bertz CT molecular complexity index is 418. The summed E-state index contributed by atoms with van der Waals surface area (Å²) in [5.74, 6) is -0.679. The zero-order chi connectivity index (χ0) is 11.7. The fourth-order valence-corrected chi connectivity index (χ4v) is 1.93. The first kappa shape index (κ1) is 11.5. The number of hydrogen-bond acceptors (Lipinski definition) is 2. The lowest BCUT2D eigenvalue weighted by atomic mass is 9.87. The summed E-state index contributed by atoms with van der Waals surface area (Å²) < 4.78 is 13.5. The van der Waals surface area contributed by atoms with Gasteiger partial charge in [-0.25, -0.2) is 4.39 Å². The molecule has 1 aromatic rings. The molecule has 1 aliphatic rings. The van der Waals surface area contributed by atoms with Crippen LogP contribution in [-0.2, 0) is 0 Å². The third kappa shape index (κ3) is 2.41. The van der Waals surface area contributed by atoms with E-state index < -0.39 is 5.82 Å². The number of rotatable bonds is 2. The maximum atomic E-state index is 13.2. The van der Waals surface area contributed by atoms with Crippen LogP contribution in [-0.4, -0.2) is 18.0 Å². The van der Waals surface area contributed by atoms with Gasteiger partial charge in [0.1, 0.15) is 5.82 Å². The van der Waals surface area contributed by atoms with E-state index in [0.29, 0.717) is 10.0 Å². The van der Waals surface area contributed by atoms with Gasteiger partial charge in [0.25, 0.3) is 5.91 Å². The quantitative estimate of drug-likeness (QED) is 0.871. The van der Waals surface area contributed by atoms with Crippen molar-refractivity contribution >= 4 is 21.8 Å². The van der Waals surface area contributed by atoms with E-state index in [4.69, 9.17) is 5.73 Å². The Balaban J connectivity index is 2.01. The van der Waals surface area contributed by atoms with Crippen LogP contribution in [0.15, 0.2) is 22.7 Å². The molecule has 1 aromatic carbocycles.